The molecule has 2 N–H and O–H groups in total. The quantitative estimate of drug-likeness (QED) is 0.716. The van der Waals surface area contributed by atoms with Gasteiger partial charge in [0.2, 0.25) is 0 Å². The van der Waals surface area contributed by atoms with E-state index in [0.717, 1.165) is 4.47 Å². The molecule has 2 rings (SSSR count). The van der Waals surface area contributed by atoms with Gasteiger partial charge >= 0.3 is 0 Å². The molecule has 0 spiro atoms. The Morgan fingerprint density at radius 3 is 2.50 bits per heavy atom. The van der Waals surface area contributed by atoms with Crippen LogP contribution >= 0.6 is 15.9 Å². The van der Waals surface area contributed by atoms with Crippen molar-refractivity contribution < 1.29 is 19.1 Å². The van der Waals surface area contributed by atoms with E-state index in [1.165, 1.54) is 7.11 Å². The van der Waals surface area contributed by atoms with Crippen molar-refractivity contribution in [3.63, 3.8) is 0 Å². The minimum Gasteiger partial charge on any atom is -0.493 e. The van der Waals surface area contributed by atoms with Gasteiger partial charge in [0.15, 0.2) is 18.1 Å². The molecule has 0 atom stereocenters. The predicted octanol–water partition coefficient (Wildman–Crippen LogP) is 3.61. The van der Waals surface area contributed by atoms with Gasteiger partial charge in [-0.2, -0.15) is 0 Å². The summed E-state index contributed by atoms with van der Waals surface area (Å²) in [6.45, 7) is 3.62. The molecule has 0 bridgehead atoms. The fourth-order valence-electron chi connectivity index (χ4n) is 2.19. The number of ether oxygens (including phenoxy) is 2. The van der Waals surface area contributed by atoms with Crippen molar-refractivity contribution in [2.75, 3.05) is 19.0 Å². The molecular weight excluding hydrogens is 400 g/mol. The predicted molar refractivity (Wildman–Crippen MR) is 104 cm³/mol. The highest BCUT2D eigenvalue weighted by atomic mass is 79.9. The van der Waals surface area contributed by atoms with Crippen LogP contribution in [0.15, 0.2) is 46.9 Å². The fraction of sp³-hybridized carbons (Fsp3) is 0.263. The number of para-hydroxylation sites is 1. The lowest BCUT2D eigenvalue weighted by Crippen LogP contribution is -2.34. The molecule has 0 radical (unpaired) electrons. The molecule has 2 aromatic carbocycles. The Hall–Kier alpha value is -2.54. The smallest absolute Gasteiger partial charge is 0.258 e. The van der Waals surface area contributed by atoms with Crippen LogP contribution in [-0.2, 0) is 4.79 Å². The molecule has 6 nitrogen and oxygen atoms in total. The average molecular weight is 421 g/mol. The number of nitrogens with one attached hydrogen (secondary N) is 2. The van der Waals surface area contributed by atoms with Crippen molar-refractivity contribution in [1.82, 2.24) is 5.32 Å². The Morgan fingerprint density at radius 2 is 1.85 bits per heavy atom. The van der Waals surface area contributed by atoms with Crippen LogP contribution < -0.4 is 20.1 Å². The molecule has 0 unspecified atom stereocenters. The number of halogens is 1. The molecule has 0 aliphatic carbocycles. The van der Waals surface area contributed by atoms with E-state index in [4.69, 9.17) is 9.47 Å². The Kier molecular flexibility index (Phi) is 7.03. The van der Waals surface area contributed by atoms with Gasteiger partial charge in [0.05, 0.1) is 12.8 Å². The monoisotopic (exact) mass is 420 g/mol. The highest BCUT2D eigenvalue weighted by Crippen LogP contribution is 2.29. The van der Waals surface area contributed by atoms with Crippen molar-refractivity contribution in [3.05, 3.63) is 52.5 Å². The van der Waals surface area contributed by atoms with E-state index < -0.39 is 0 Å². The van der Waals surface area contributed by atoms with E-state index in [1.54, 1.807) is 24.3 Å². The molecule has 0 aliphatic rings. The summed E-state index contributed by atoms with van der Waals surface area (Å²) in [4.78, 5) is 24.1. The third-order valence-electron chi connectivity index (χ3n) is 3.36. The molecule has 0 saturated carbocycles. The van der Waals surface area contributed by atoms with E-state index in [2.05, 4.69) is 26.6 Å². The Balaban J connectivity index is 2.08. The summed E-state index contributed by atoms with van der Waals surface area (Å²) < 4.78 is 11.6. The normalized spacial score (nSPS) is 10.3. The second-order valence-electron chi connectivity index (χ2n) is 5.81. The standard InChI is InChI=1S/C19H21BrN2O4/c1-12(2)21-18(23)11-26-16-9-8-13(10-17(16)25-3)19(24)22-15-7-5-4-6-14(15)20/h4-10,12H,11H2,1-3H3,(H,21,23)(H,22,24). The maximum Gasteiger partial charge on any atom is 0.258 e. The summed E-state index contributed by atoms with van der Waals surface area (Å²) in [7, 11) is 1.48. The summed E-state index contributed by atoms with van der Waals surface area (Å²) in [5, 5.41) is 5.56. The molecule has 26 heavy (non-hydrogen) atoms. The molecule has 7 heteroatoms. The van der Waals surface area contributed by atoms with E-state index in [0.29, 0.717) is 22.7 Å². The van der Waals surface area contributed by atoms with Crippen LogP contribution in [0.1, 0.15) is 24.2 Å². The average Bonchev–Trinajstić information content (AvgIpc) is 2.61. The topological polar surface area (TPSA) is 76.7 Å². The first-order valence-corrected chi connectivity index (χ1v) is 8.86. The van der Waals surface area contributed by atoms with Crippen LogP contribution in [-0.4, -0.2) is 31.6 Å². The van der Waals surface area contributed by atoms with E-state index in [-0.39, 0.29) is 24.5 Å². The van der Waals surface area contributed by atoms with Crippen molar-refractivity contribution in [2.24, 2.45) is 0 Å². The molecule has 0 saturated heterocycles. The first kappa shape index (κ1) is 19.8. The second-order valence-corrected chi connectivity index (χ2v) is 6.66. The van der Waals surface area contributed by atoms with E-state index in [1.807, 2.05) is 32.0 Å². The maximum absolute atomic E-state index is 12.4. The largest absolute Gasteiger partial charge is 0.493 e. The first-order valence-electron chi connectivity index (χ1n) is 8.06. The zero-order valence-corrected chi connectivity index (χ0v) is 16.4. The Morgan fingerprint density at radius 1 is 1.12 bits per heavy atom. The van der Waals surface area contributed by atoms with E-state index in [9.17, 15) is 9.59 Å². The third kappa shape index (κ3) is 5.49. The number of amides is 2. The van der Waals surface area contributed by atoms with Crippen molar-refractivity contribution in [1.29, 1.82) is 0 Å². The van der Waals surface area contributed by atoms with Gasteiger partial charge in [-0.1, -0.05) is 12.1 Å². The summed E-state index contributed by atoms with van der Waals surface area (Å²) in [5.74, 6) is 0.267. The number of anilines is 1. The minimum absolute atomic E-state index is 0.0383. The number of benzene rings is 2. The van der Waals surface area contributed by atoms with Crippen LogP contribution in [0.5, 0.6) is 11.5 Å². The lowest BCUT2D eigenvalue weighted by atomic mass is 10.2. The first-order chi connectivity index (χ1) is 12.4. The lowest BCUT2D eigenvalue weighted by molar-refractivity contribution is -0.123. The second kappa shape index (κ2) is 9.24. The van der Waals surface area contributed by atoms with Gasteiger partial charge in [-0.05, 0) is 60.1 Å². The maximum atomic E-state index is 12.4. The van der Waals surface area contributed by atoms with Gasteiger partial charge in [-0.3, -0.25) is 9.59 Å². The molecule has 0 fully saturated rings. The molecule has 2 aromatic rings. The fourth-order valence-corrected chi connectivity index (χ4v) is 2.58. The number of carbonyl (C=O) groups excluding carboxylic acids is 2. The molecular formula is C19H21BrN2O4. The van der Waals surface area contributed by atoms with Crippen molar-refractivity contribution >= 4 is 33.4 Å². The zero-order valence-electron chi connectivity index (χ0n) is 14.8. The lowest BCUT2D eigenvalue weighted by Gasteiger charge is -2.13. The molecule has 138 valence electrons. The SMILES string of the molecule is COc1cc(C(=O)Nc2ccccc2Br)ccc1OCC(=O)NC(C)C. The highest BCUT2D eigenvalue weighted by molar-refractivity contribution is 9.10. The summed E-state index contributed by atoms with van der Waals surface area (Å²) in [6.07, 6.45) is 0. The number of rotatable bonds is 7. The van der Waals surface area contributed by atoms with Gasteiger partial charge in [0.25, 0.3) is 11.8 Å². The Bertz CT molecular complexity index is 793. The van der Waals surface area contributed by atoms with Crippen LogP contribution in [0, 0.1) is 0 Å². The summed E-state index contributed by atoms with van der Waals surface area (Å²) in [5.41, 5.74) is 1.08. The number of hydrogen-bond donors (Lipinski definition) is 2. The number of hydrogen-bond acceptors (Lipinski definition) is 4. The summed E-state index contributed by atoms with van der Waals surface area (Å²) >= 11 is 3.39. The van der Waals surface area contributed by atoms with Gasteiger partial charge in [-0.15, -0.1) is 0 Å². The molecule has 0 aromatic heterocycles. The number of carbonyl (C=O) groups is 2. The van der Waals surface area contributed by atoms with Gasteiger partial charge in [0.1, 0.15) is 0 Å². The van der Waals surface area contributed by atoms with Gasteiger partial charge in [-0.25, -0.2) is 0 Å². The zero-order chi connectivity index (χ0) is 19.1. The van der Waals surface area contributed by atoms with Crippen LogP contribution in [0.2, 0.25) is 0 Å². The highest BCUT2D eigenvalue weighted by Gasteiger charge is 2.13. The van der Waals surface area contributed by atoms with Crippen LogP contribution in [0.4, 0.5) is 5.69 Å². The third-order valence-corrected chi connectivity index (χ3v) is 4.05. The van der Waals surface area contributed by atoms with Crippen molar-refractivity contribution in [3.8, 4) is 11.5 Å². The van der Waals surface area contributed by atoms with Crippen LogP contribution in [0.3, 0.4) is 0 Å². The van der Waals surface area contributed by atoms with Gasteiger partial charge in [0, 0.05) is 16.1 Å². The molecule has 2 amide bonds. The summed E-state index contributed by atoms with van der Waals surface area (Å²) in [6, 6.07) is 12.2. The van der Waals surface area contributed by atoms with E-state index >= 15 is 0 Å². The van der Waals surface area contributed by atoms with Crippen LogP contribution in [0.25, 0.3) is 0 Å². The number of methoxy groups -OCH3 is 1. The van der Waals surface area contributed by atoms with Gasteiger partial charge < -0.3 is 20.1 Å². The minimum atomic E-state index is -0.278. The Labute approximate surface area is 161 Å². The molecule has 0 heterocycles. The van der Waals surface area contributed by atoms with Crippen molar-refractivity contribution in [2.45, 2.75) is 19.9 Å². The molecule has 0 aliphatic heterocycles.